The van der Waals surface area contributed by atoms with Gasteiger partial charge in [-0.2, -0.15) is 0 Å². The van der Waals surface area contributed by atoms with Gasteiger partial charge in [0.25, 0.3) is 0 Å². The summed E-state index contributed by atoms with van der Waals surface area (Å²) in [5, 5.41) is 0. The molecular formula is C10H17NO. The van der Waals surface area contributed by atoms with E-state index in [0.29, 0.717) is 5.92 Å². The fourth-order valence-corrected chi connectivity index (χ4v) is 1.16. The van der Waals surface area contributed by atoms with Gasteiger partial charge in [-0.1, -0.05) is 13.8 Å². The van der Waals surface area contributed by atoms with Gasteiger partial charge in [-0.3, -0.25) is 0 Å². The summed E-state index contributed by atoms with van der Waals surface area (Å²) in [5.74, 6) is 1.61. The Morgan fingerprint density at radius 1 is 1.42 bits per heavy atom. The highest BCUT2D eigenvalue weighted by Gasteiger charge is 2.08. The van der Waals surface area contributed by atoms with Gasteiger partial charge in [-0.05, 0) is 30.9 Å². The molecule has 0 aliphatic heterocycles. The van der Waals surface area contributed by atoms with Crippen LogP contribution >= 0.6 is 0 Å². The van der Waals surface area contributed by atoms with Crippen LogP contribution in [0.5, 0.6) is 0 Å². The van der Waals surface area contributed by atoms with Gasteiger partial charge in [0.1, 0.15) is 5.76 Å². The van der Waals surface area contributed by atoms with Gasteiger partial charge < -0.3 is 10.2 Å². The van der Waals surface area contributed by atoms with E-state index < -0.39 is 0 Å². The molecule has 2 N–H and O–H groups in total. The second-order valence-corrected chi connectivity index (χ2v) is 3.59. The summed E-state index contributed by atoms with van der Waals surface area (Å²) < 4.78 is 5.20. The predicted octanol–water partition coefficient (Wildman–Crippen LogP) is 2.72. The fraction of sp³-hybridized carbons (Fsp3) is 0.600. The zero-order valence-corrected chi connectivity index (χ0v) is 7.79. The van der Waals surface area contributed by atoms with Gasteiger partial charge in [-0.25, -0.2) is 0 Å². The Morgan fingerprint density at radius 2 is 2.17 bits per heavy atom. The van der Waals surface area contributed by atoms with Gasteiger partial charge in [-0.15, -0.1) is 0 Å². The Kier molecular flexibility index (Phi) is 3.35. The molecule has 0 aliphatic rings. The van der Waals surface area contributed by atoms with Crippen LogP contribution in [0.1, 0.15) is 38.5 Å². The number of nitrogens with two attached hydrogens (primary N) is 1. The average molecular weight is 167 g/mol. The van der Waals surface area contributed by atoms with Crippen LogP contribution in [0.2, 0.25) is 0 Å². The third-order valence-electron chi connectivity index (χ3n) is 1.96. The quantitative estimate of drug-likeness (QED) is 0.748. The van der Waals surface area contributed by atoms with E-state index in [0.717, 1.165) is 18.6 Å². The molecule has 68 valence electrons. The molecule has 1 rings (SSSR count). The van der Waals surface area contributed by atoms with E-state index in [2.05, 4.69) is 13.8 Å². The molecule has 0 amide bonds. The first-order chi connectivity index (χ1) is 5.70. The summed E-state index contributed by atoms with van der Waals surface area (Å²) in [6.07, 6.45) is 3.83. The summed E-state index contributed by atoms with van der Waals surface area (Å²) in [7, 11) is 0. The van der Waals surface area contributed by atoms with E-state index in [1.165, 1.54) is 0 Å². The van der Waals surface area contributed by atoms with Crippen molar-refractivity contribution in [2.75, 3.05) is 0 Å². The van der Waals surface area contributed by atoms with Crippen LogP contribution in [0, 0.1) is 5.92 Å². The Hall–Kier alpha value is -0.760. The molecule has 2 nitrogen and oxygen atoms in total. The lowest BCUT2D eigenvalue weighted by molar-refractivity contribution is 0.424. The lowest BCUT2D eigenvalue weighted by Crippen LogP contribution is -2.10. The molecule has 0 fully saturated rings. The van der Waals surface area contributed by atoms with Gasteiger partial charge in [0.2, 0.25) is 0 Å². The van der Waals surface area contributed by atoms with Crippen LogP contribution in [-0.2, 0) is 0 Å². The van der Waals surface area contributed by atoms with E-state index in [-0.39, 0.29) is 6.04 Å². The Balaban J connectivity index is 2.34. The smallest absolute Gasteiger partial charge is 0.120 e. The van der Waals surface area contributed by atoms with Crippen LogP contribution < -0.4 is 5.73 Å². The highest BCUT2D eigenvalue weighted by atomic mass is 16.3. The van der Waals surface area contributed by atoms with Crippen molar-refractivity contribution >= 4 is 0 Å². The van der Waals surface area contributed by atoms with Crippen molar-refractivity contribution in [3.8, 4) is 0 Å². The standard InChI is InChI=1S/C10H17NO/c1-8(2)5-6-9(11)10-4-3-7-12-10/h3-4,7-9H,5-6,11H2,1-2H3. The molecule has 0 radical (unpaired) electrons. The maximum absolute atomic E-state index is 5.89. The van der Waals surface area contributed by atoms with Gasteiger partial charge in [0, 0.05) is 0 Å². The van der Waals surface area contributed by atoms with Gasteiger partial charge >= 0.3 is 0 Å². The zero-order valence-electron chi connectivity index (χ0n) is 7.79. The number of rotatable bonds is 4. The summed E-state index contributed by atoms with van der Waals surface area (Å²) in [5.41, 5.74) is 5.89. The normalized spacial score (nSPS) is 13.7. The van der Waals surface area contributed by atoms with E-state index >= 15 is 0 Å². The molecule has 2 heteroatoms. The highest BCUT2D eigenvalue weighted by molar-refractivity contribution is 5.03. The first-order valence-corrected chi connectivity index (χ1v) is 4.49. The van der Waals surface area contributed by atoms with Crippen molar-refractivity contribution in [1.29, 1.82) is 0 Å². The minimum Gasteiger partial charge on any atom is -0.468 e. The topological polar surface area (TPSA) is 39.2 Å². The SMILES string of the molecule is CC(C)CCC(N)c1ccco1. The van der Waals surface area contributed by atoms with Crippen LogP contribution in [0.15, 0.2) is 22.8 Å². The molecule has 12 heavy (non-hydrogen) atoms. The molecule has 0 spiro atoms. The van der Waals surface area contributed by atoms with Crippen molar-refractivity contribution in [2.45, 2.75) is 32.7 Å². The summed E-state index contributed by atoms with van der Waals surface area (Å²) in [4.78, 5) is 0. The number of hydrogen-bond acceptors (Lipinski definition) is 2. The molecule has 0 bridgehead atoms. The predicted molar refractivity (Wildman–Crippen MR) is 49.7 cm³/mol. The number of furan rings is 1. The van der Waals surface area contributed by atoms with Crippen molar-refractivity contribution in [3.05, 3.63) is 24.2 Å². The molecule has 1 atom stereocenters. The fourth-order valence-electron chi connectivity index (χ4n) is 1.16. The van der Waals surface area contributed by atoms with Crippen molar-refractivity contribution in [2.24, 2.45) is 11.7 Å². The van der Waals surface area contributed by atoms with Gasteiger partial charge in [0.05, 0.1) is 12.3 Å². The lowest BCUT2D eigenvalue weighted by Gasteiger charge is -2.09. The number of hydrogen-bond donors (Lipinski definition) is 1. The maximum Gasteiger partial charge on any atom is 0.120 e. The van der Waals surface area contributed by atoms with Crippen LogP contribution in [0.3, 0.4) is 0 Å². The minimum atomic E-state index is 0.0717. The third-order valence-corrected chi connectivity index (χ3v) is 1.96. The second-order valence-electron chi connectivity index (χ2n) is 3.59. The van der Waals surface area contributed by atoms with Crippen LogP contribution in [0.4, 0.5) is 0 Å². The van der Waals surface area contributed by atoms with E-state index in [1.807, 2.05) is 12.1 Å². The van der Waals surface area contributed by atoms with Crippen molar-refractivity contribution in [1.82, 2.24) is 0 Å². The summed E-state index contributed by atoms with van der Waals surface area (Å²) in [6, 6.07) is 3.89. The summed E-state index contributed by atoms with van der Waals surface area (Å²) in [6.45, 7) is 4.41. The Bertz CT molecular complexity index is 204. The minimum absolute atomic E-state index is 0.0717. The first-order valence-electron chi connectivity index (χ1n) is 4.49. The van der Waals surface area contributed by atoms with Crippen LogP contribution in [-0.4, -0.2) is 0 Å². The Labute approximate surface area is 73.8 Å². The summed E-state index contributed by atoms with van der Waals surface area (Å²) >= 11 is 0. The van der Waals surface area contributed by atoms with E-state index in [4.69, 9.17) is 10.2 Å². The zero-order chi connectivity index (χ0) is 8.97. The monoisotopic (exact) mass is 167 g/mol. The first kappa shape index (κ1) is 9.33. The third kappa shape index (κ3) is 2.70. The van der Waals surface area contributed by atoms with Gasteiger partial charge in [0.15, 0.2) is 0 Å². The molecule has 0 saturated carbocycles. The average Bonchev–Trinajstić information content (AvgIpc) is 2.51. The largest absolute Gasteiger partial charge is 0.468 e. The molecule has 1 unspecified atom stereocenters. The van der Waals surface area contributed by atoms with Crippen LogP contribution in [0.25, 0.3) is 0 Å². The molecule has 1 heterocycles. The highest BCUT2D eigenvalue weighted by Crippen LogP contribution is 2.18. The second kappa shape index (κ2) is 4.31. The molecule has 0 saturated heterocycles. The Morgan fingerprint density at radius 3 is 2.67 bits per heavy atom. The molecular weight excluding hydrogens is 150 g/mol. The van der Waals surface area contributed by atoms with E-state index in [1.54, 1.807) is 6.26 Å². The molecule has 1 aromatic rings. The van der Waals surface area contributed by atoms with Crippen molar-refractivity contribution in [3.63, 3.8) is 0 Å². The lowest BCUT2D eigenvalue weighted by atomic mass is 10.0. The molecule has 0 aromatic carbocycles. The van der Waals surface area contributed by atoms with E-state index in [9.17, 15) is 0 Å². The van der Waals surface area contributed by atoms with Crippen molar-refractivity contribution < 1.29 is 4.42 Å². The molecule has 1 aromatic heterocycles. The molecule has 0 aliphatic carbocycles. The maximum atomic E-state index is 5.89.